The molecule has 0 unspecified atom stereocenters. The van der Waals surface area contributed by atoms with Gasteiger partial charge < -0.3 is 16.0 Å². The van der Waals surface area contributed by atoms with Crippen LogP contribution in [-0.4, -0.2) is 37.0 Å². The molecular weight excluding hydrogens is 387 g/mol. The molecule has 1 rings (SSSR count). The lowest BCUT2D eigenvalue weighted by molar-refractivity contribution is 0.298. The van der Waals surface area contributed by atoms with Crippen LogP contribution >= 0.6 is 24.0 Å². The van der Waals surface area contributed by atoms with Crippen molar-refractivity contribution in [2.75, 3.05) is 31.5 Å². The van der Waals surface area contributed by atoms with Gasteiger partial charge in [-0.15, -0.1) is 24.0 Å². The van der Waals surface area contributed by atoms with E-state index in [1.165, 1.54) is 12.0 Å². The number of halogens is 1. The average molecular weight is 418 g/mol. The molecule has 0 atom stereocenters. The van der Waals surface area contributed by atoms with E-state index in [9.17, 15) is 0 Å². The number of nitrogens with two attached hydrogens (primary N) is 1. The molecule has 0 aliphatic carbocycles. The smallest absolute Gasteiger partial charge is 0.193 e. The van der Waals surface area contributed by atoms with E-state index >= 15 is 0 Å². The van der Waals surface area contributed by atoms with Crippen molar-refractivity contribution in [2.24, 2.45) is 10.7 Å². The number of nitrogens with zero attached hydrogens (tertiary/aromatic N) is 2. The lowest BCUT2D eigenvalue weighted by atomic mass is 10.1. The number of aryl methyl sites for hydroxylation is 1. The van der Waals surface area contributed by atoms with Crippen LogP contribution < -0.4 is 11.1 Å². The monoisotopic (exact) mass is 418 g/mol. The van der Waals surface area contributed by atoms with E-state index in [-0.39, 0.29) is 24.0 Å². The maximum absolute atomic E-state index is 5.90. The Kier molecular flexibility index (Phi) is 12.2. The summed E-state index contributed by atoms with van der Waals surface area (Å²) in [5.41, 5.74) is 8.22. The van der Waals surface area contributed by atoms with Gasteiger partial charge in [-0.3, -0.25) is 4.99 Å². The molecular formula is C17H31IN4. The van der Waals surface area contributed by atoms with E-state index in [0.717, 1.165) is 44.7 Å². The molecule has 0 fully saturated rings. The van der Waals surface area contributed by atoms with Gasteiger partial charge in [-0.2, -0.15) is 0 Å². The van der Waals surface area contributed by atoms with Gasteiger partial charge in [0, 0.05) is 12.2 Å². The first-order valence-electron chi connectivity index (χ1n) is 8.07. The van der Waals surface area contributed by atoms with Crippen LogP contribution in [0.1, 0.15) is 39.2 Å². The Bertz CT molecular complexity index is 413. The number of benzene rings is 1. The van der Waals surface area contributed by atoms with Crippen molar-refractivity contribution >= 4 is 35.6 Å². The van der Waals surface area contributed by atoms with Crippen molar-refractivity contribution in [3.63, 3.8) is 0 Å². The van der Waals surface area contributed by atoms with Gasteiger partial charge in [0.1, 0.15) is 0 Å². The van der Waals surface area contributed by atoms with Crippen molar-refractivity contribution in [1.29, 1.82) is 0 Å². The molecule has 5 heteroatoms. The molecule has 0 amide bonds. The molecule has 0 bridgehead atoms. The summed E-state index contributed by atoms with van der Waals surface area (Å²) in [6.45, 7) is 10.7. The second kappa shape index (κ2) is 12.7. The lowest BCUT2D eigenvalue weighted by Crippen LogP contribution is -2.24. The van der Waals surface area contributed by atoms with E-state index in [2.05, 4.69) is 48.1 Å². The Balaban J connectivity index is 0.00000441. The number of hydrogen-bond donors (Lipinski definition) is 2. The summed E-state index contributed by atoms with van der Waals surface area (Å²) in [7, 11) is 0. The summed E-state index contributed by atoms with van der Waals surface area (Å²) in [5.74, 6) is 0.502. The standard InChI is InChI=1S/C17H30N4.HI/c1-4-15-9-11-16(12-10-15)20-17(18)19-13-7-8-14-21(5-2)6-3;/h9-12H,4-8,13-14H2,1-3H3,(H3,18,19,20);1H. The second-order valence-corrected chi connectivity index (χ2v) is 5.18. The molecule has 0 spiro atoms. The van der Waals surface area contributed by atoms with Crippen LogP contribution in [0.3, 0.4) is 0 Å². The molecule has 22 heavy (non-hydrogen) atoms. The van der Waals surface area contributed by atoms with Crippen LogP contribution in [-0.2, 0) is 6.42 Å². The lowest BCUT2D eigenvalue weighted by Gasteiger charge is -2.17. The van der Waals surface area contributed by atoms with Gasteiger partial charge in [0.25, 0.3) is 0 Å². The van der Waals surface area contributed by atoms with Gasteiger partial charge in [0.05, 0.1) is 0 Å². The van der Waals surface area contributed by atoms with E-state index in [4.69, 9.17) is 5.73 Å². The van der Waals surface area contributed by atoms with Gasteiger partial charge in [0.2, 0.25) is 0 Å². The van der Waals surface area contributed by atoms with Crippen LogP contribution in [0.4, 0.5) is 5.69 Å². The molecule has 0 aliphatic rings. The topological polar surface area (TPSA) is 53.6 Å². The van der Waals surface area contributed by atoms with Gasteiger partial charge in [-0.25, -0.2) is 0 Å². The van der Waals surface area contributed by atoms with Crippen LogP contribution in [0.5, 0.6) is 0 Å². The minimum absolute atomic E-state index is 0. The highest BCUT2D eigenvalue weighted by Crippen LogP contribution is 2.09. The summed E-state index contributed by atoms with van der Waals surface area (Å²) in [5, 5.41) is 3.13. The largest absolute Gasteiger partial charge is 0.370 e. The van der Waals surface area contributed by atoms with Gasteiger partial charge in [0.15, 0.2) is 5.96 Å². The van der Waals surface area contributed by atoms with E-state index < -0.39 is 0 Å². The van der Waals surface area contributed by atoms with E-state index in [0.29, 0.717) is 5.96 Å². The highest BCUT2D eigenvalue weighted by atomic mass is 127. The third-order valence-electron chi connectivity index (χ3n) is 3.69. The minimum Gasteiger partial charge on any atom is -0.370 e. The van der Waals surface area contributed by atoms with Crippen LogP contribution in [0, 0.1) is 0 Å². The predicted molar refractivity (Wildman–Crippen MR) is 108 cm³/mol. The molecule has 126 valence electrons. The molecule has 3 N–H and O–H groups in total. The molecule has 0 saturated heterocycles. The van der Waals surface area contributed by atoms with Crippen molar-refractivity contribution in [1.82, 2.24) is 4.90 Å². The maximum Gasteiger partial charge on any atom is 0.193 e. The third kappa shape index (κ3) is 8.58. The zero-order valence-electron chi connectivity index (χ0n) is 14.1. The van der Waals surface area contributed by atoms with Crippen LogP contribution in [0.2, 0.25) is 0 Å². The Morgan fingerprint density at radius 3 is 2.27 bits per heavy atom. The Morgan fingerprint density at radius 2 is 1.73 bits per heavy atom. The average Bonchev–Trinajstić information content (AvgIpc) is 2.51. The van der Waals surface area contributed by atoms with E-state index in [1.54, 1.807) is 0 Å². The number of unbranched alkanes of at least 4 members (excludes halogenated alkanes) is 1. The fourth-order valence-electron chi connectivity index (χ4n) is 2.20. The van der Waals surface area contributed by atoms with Crippen molar-refractivity contribution in [3.8, 4) is 0 Å². The van der Waals surface area contributed by atoms with Crippen LogP contribution in [0.15, 0.2) is 29.3 Å². The number of hydrogen-bond acceptors (Lipinski definition) is 2. The first-order chi connectivity index (χ1) is 10.2. The Labute approximate surface area is 152 Å². The molecule has 0 aromatic heterocycles. The van der Waals surface area contributed by atoms with Crippen molar-refractivity contribution < 1.29 is 0 Å². The van der Waals surface area contributed by atoms with Crippen molar-refractivity contribution in [2.45, 2.75) is 40.0 Å². The zero-order valence-corrected chi connectivity index (χ0v) is 16.5. The number of rotatable bonds is 9. The quantitative estimate of drug-likeness (QED) is 0.278. The zero-order chi connectivity index (χ0) is 15.5. The fourth-order valence-corrected chi connectivity index (χ4v) is 2.20. The van der Waals surface area contributed by atoms with Gasteiger partial charge in [-0.05, 0) is 56.6 Å². The Hall–Kier alpha value is -0.820. The third-order valence-corrected chi connectivity index (χ3v) is 3.69. The maximum atomic E-state index is 5.90. The molecule has 1 aromatic rings. The Morgan fingerprint density at radius 1 is 1.09 bits per heavy atom. The first kappa shape index (κ1) is 21.2. The van der Waals surface area contributed by atoms with Crippen LogP contribution in [0.25, 0.3) is 0 Å². The highest BCUT2D eigenvalue weighted by Gasteiger charge is 1.98. The summed E-state index contributed by atoms with van der Waals surface area (Å²) in [6, 6.07) is 8.31. The number of aliphatic imine (C=N–C) groups is 1. The molecule has 0 radical (unpaired) electrons. The number of anilines is 1. The summed E-state index contributed by atoms with van der Waals surface area (Å²) >= 11 is 0. The van der Waals surface area contributed by atoms with Gasteiger partial charge >= 0.3 is 0 Å². The molecule has 4 nitrogen and oxygen atoms in total. The number of guanidine groups is 1. The fraction of sp³-hybridized carbons (Fsp3) is 0.588. The normalized spacial score (nSPS) is 11.4. The number of nitrogens with one attached hydrogen (secondary N) is 1. The molecule has 0 saturated carbocycles. The van der Waals surface area contributed by atoms with Gasteiger partial charge in [-0.1, -0.05) is 32.9 Å². The molecule has 0 aliphatic heterocycles. The van der Waals surface area contributed by atoms with Crippen molar-refractivity contribution in [3.05, 3.63) is 29.8 Å². The molecule has 1 aromatic carbocycles. The SMILES string of the molecule is CCc1ccc(NC(N)=NCCCCN(CC)CC)cc1.I. The minimum atomic E-state index is 0. The second-order valence-electron chi connectivity index (χ2n) is 5.18. The first-order valence-corrected chi connectivity index (χ1v) is 8.07. The highest BCUT2D eigenvalue weighted by molar-refractivity contribution is 14.0. The summed E-state index contributed by atoms with van der Waals surface area (Å²) < 4.78 is 0. The summed E-state index contributed by atoms with van der Waals surface area (Å²) in [4.78, 5) is 6.81. The summed E-state index contributed by atoms with van der Waals surface area (Å²) in [6.07, 6.45) is 3.30. The van der Waals surface area contributed by atoms with E-state index in [1.807, 2.05) is 12.1 Å². The predicted octanol–water partition coefficient (Wildman–Crippen LogP) is 3.72. The molecule has 0 heterocycles.